The molecule has 4 nitrogen and oxygen atoms in total. The number of phenols is 4. The SMILES string of the molecule is CC(c1ccccc1)(c1ccc(O)c(O)c1)c1ccc(O)c(O)c1. The number of hydrogen-bond donors (Lipinski definition) is 4. The highest BCUT2D eigenvalue weighted by atomic mass is 16.3. The van der Waals surface area contributed by atoms with Crippen molar-refractivity contribution in [3.05, 3.63) is 83.4 Å². The molecule has 0 atom stereocenters. The summed E-state index contributed by atoms with van der Waals surface area (Å²) in [6.07, 6.45) is 0. The van der Waals surface area contributed by atoms with Crippen LogP contribution >= 0.6 is 0 Å². The maximum absolute atomic E-state index is 9.92. The van der Waals surface area contributed by atoms with Crippen LogP contribution in [0.4, 0.5) is 0 Å². The highest BCUT2D eigenvalue weighted by molar-refractivity contribution is 5.55. The molecule has 24 heavy (non-hydrogen) atoms. The molecule has 0 fully saturated rings. The quantitative estimate of drug-likeness (QED) is 0.436. The van der Waals surface area contributed by atoms with Crippen LogP contribution in [0.15, 0.2) is 66.7 Å². The van der Waals surface area contributed by atoms with Crippen LogP contribution in [0.5, 0.6) is 23.0 Å². The fourth-order valence-corrected chi connectivity index (χ4v) is 2.94. The van der Waals surface area contributed by atoms with E-state index in [1.165, 1.54) is 24.3 Å². The van der Waals surface area contributed by atoms with Crippen LogP contribution < -0.4 is 0 Å². The van der Waals surface area contributed by atoms with Crippen molar-refractivity contribution < 1.29 is 20.4 Å². The van der Waals surface area contributed by atoms with Gasteiger partial charge in [-0.2, -0.15) is 0 Å². The summed E-state index contributed by atoms with van der Waals surface area (Å²) in [4.78, 5) is 0. The molecule has 3 rings (SSSR count). The van der Waals surface area contributed by atoms with Gasteiger partial charge in [0.25, 0.3) is 0 Å². The third-order valence-corrected chi connectivity index (χ3v) is 4.46. The van der Waals surface area contributed by atoms with Crippen molar-refractivity contribution in [1.29, 1.82) is 0 Å². The third kappa shape index (κ3) is 2.52. The van der Waals surface area contributed by atoms with Crippen molar-refractivity contribution in [2.24, 2.45) is 0 Å². The van der Waals surface area contributed by atoms with E-state index in [-0.39, 0.29) is 23.0 Å². The zero-order chi connectivity index (χ0) is 17.3. The zero-order valence-corrected chi connectivity index (χ0v) is 13.1. The van der Waals surface area contributed by atoms with Crippen molar-refractivity contribution in [2.45, 2.75) is 12.3 Å². The Balaban J connectivity index is 2.28. The Bertz CT molecular complexity index is 821. The second-order valence-corrected chi connectivity index (χ2v) is 5.90. The third-order valence-electron chi connectivity index (χ3n) is 4.46. The second-order valence-electron chi connectivity index (χ2n) is 5.90. The van der Waals surface area contributed by atoms with Gasteiger partial charge in [0.15, 0.2) is 23.0 Å². The summed E-state index contributed by atoms with van der Waals surface area (Å²) in [6.45, 7) is 1.96. The van der Waals surface area contributed by atoms with Gasteiger partial charge >= 0.3 is 0 Å². The molecule has 4 N–H and O–H groups in total. The van der Waals surface area contributed by atoms with Crippen LogP contribution in [0, 0.1) is 0 Å². The molecule has 0 unspecified atom stereocenters. The molecule has 0 bridgehead atoms. The van der Waals surface area contributed by atoms with E-state index in [2.05, 4.69) is 0 Å². The molecule has 0 saturated carbocycles. The van der Waals surface area contributed by atoms with E-state index < -0.39 is 5.41 Å². The lowest BCUT2D eigenvalue weighted by Crippen LogP contribution is -2.25. The predicted molar refractivity (Wildman–Crippen MR) is 91.5 cm³/mol. The fraction of sp³-hybridized carbons (Fsp3) is 0.100. The second kappa shape index (κ2) is 5.81. The molecule has 4 heteroatoms. The Morgan fingerprint density at radius 1 is 0.542 bits per heavy atom. The summed E-state index contributed by atoms with van der Waals surface area (Å²) >= 11 is 0. The Hall–Kier alpha value is -3.14. The first-order valence-electron chi connectivity index (χ1n) is 7.53. The molecule has 0 aliphatic carbocycles. The number of phenolic OH excluding ortho intramolecular Hbond substituents is 4. The van der Waals surface area contributed by atoms with Gasteiger partial charge in [0, 0.05) is 5.41 Å². The van der Waals surface area contributed by atoms with Gasteiger partial charge in [-0.15, -0.1) is 0 Å². The average molecular weight is 322 g/mol. The Labute approximate surface area is 139 Å². The molecule has 0 amide bonds. The smallest absolute Gasteiger partial charge is 0.157 e. The maximum Gasteiger partial charge on any atom is 0.157 e. The predicted octanol–water partition coefficient (Wildman–Crippen LogP) is 3.86. The minimum atomic E-state index is -0.697. The summed E-state index contributed by atoms with van der Waals surface area (Å²) in [6, 6.07) is 19.0. The molecule has 0 saturated heterocycles. The summed E-state index contributed by atoms with van der Waals surface area (Å²) < 4.78 is 0. The first kappa shape index (κ1) is 15.7. The lowest BCUT2D eigenvalue weighted by Gasteiger charge is -2.32. The first-order chi connectivity index (χ1) is 11.4. The van der Waals surface area contributed by atoms with E-state index in [9.17, 15) is 20.4 Å². The molecular weight excluding hydrogens is 304 g/mol. The molecule has 0 heterocycles. The first-order valence-corrected chi connectivity index (χ1v) is 7.53. The molecule has 0 aromatic heterocycles. The summed E-state index contributed by atoms with van der Waals surface area (Å²) in [7, 11) is 0. The standard InChI is InChI=1S/C20H18O4/c1-20(13-5-3-2-4-6-13,14-7-9-16(21)18(23)11-14)15-8-10-17(22)19(24)12-15/h2-12,21-24H,1H3. The summed E-state index contributed by atoms with van der Waals surface area (Å²) in [5.41, 5.74) is 1.74. The normalized spacial score (nSPS) is 11.4. The molecule has 0 spiro atoms. The van der Waals surface area contributed by atoms with E-state index in [4.69, 9.17) is 0 Å². The van der Waals surface area contributed by atoms with Crippen molar-refractivity contribution in [2.75, 3.05) is 0 Å². The number of aromatic hydroxyl groups is 4. The van der Waals surface area contributed by atoms with E-state index in [0.717, 1.165) is 16.7 Å². The monoisotopic (exact) mass is 322 g/mol. The molecule has 0 aliphatic rings. The molecule has 0 aliphatic heterocycles. The van der Waals surface area contributed by atoms with E-state index in [1.54, 1.807) is 12.1 Å². The lowest BCUT2D eigenvalue weighted by atomic mass is 9.71. The van der Waals surface area contributed by atoms with E-state index in [0.29, 0.717) is 0 Å². The highest BCUT2D eigenvalue weighted by Crippen LogP contribution is 2.43. The van der Waals surface area contributed by atoms with Crippen molar-refractivity contribution in [3.63, 3.8) is 0 Å². The number of rotatable bonds is 3. The van der Waals surface area contributed by atoms with Crippen LogP contribution in [0.25, 0.3) is 0 Å². The van der Waals surface area contributed by atoms with Gasteiger partial charge in [0.05, 0.1) is 0 Å². The van der Waals surface area contributed by atoms with Crippen LogP contribution in [0.2, 0.25) is 0 Å². The van der Waals surface area contributed by atoms with Gasteiger partial charge in [-0.25, -0.2) is 0 Å². The summed E-state index contributed by atoms with van der Waals surface area (Å²) in [5.74, 6) is -0.805. The minimum absolute atomic E-state index is 0.192. The van der Waals surface area contributed by atoms with E-state index in [1.807, 2.05) is 37.3 Å². The van der Waals surface area contributed by atoms with Gasteiger partial charge < -0.3 is 20.4 Å². The summed E-state index contributed by atoms with van der Waals surface area (Å²) in [5, 5.41) is 39.0. The van der Waals surface area contributed by atoms with Crippen molar-refractivity contribution >= 4 is 0 Å². The Morgan fingerprint density at radius 2 is 1.00 bits per heavy atom. The zero-order valence-electron chi connectivity index (χ0n) is 13.1. The van der Waals surface area contributed by atoms with E-state index >= 15 is 0 Å². The minimum Gasteiger partial charge on any atom is -0.504 e. The molecular formula is C20H18O4. The molecule has 122 valence electrons. The maximum atomic E-state index is 9.92. The number of hydrogen-bond acceptors (Lipinski definition) is 4. The van der Waals surface area contributed by atoms with Crippen LogP contribution in [-0.2, 0) is 5.41 Å². The fourth-order valence-electron chi connectivity index (χ4n) is 2.94. The van der Waals surface area contributed by atoms with Gasteiger partial charge in [-0.05, 0) is 47.9 Å². The average Bonchev–Trinajstić information content (AvgIpc) is 2.60. The number of benzene rings is 3. The highest BCUT2D eigenvalue weighted by Gasteiger charge is 2.32. The Morgan fingerprint density at radius 3 is 1.42 bits per heavy atom. The van der Waals surface area contributed by atoms with Gasteiger partial charge in [-0.3, -0.25) is 0 Å². The lowest BCUT2D eigenvalue weighted by molar-refractivity contribution is 0.400. The molecule has 3 aromatic carbocycles. The topological polar surface area (TPSA) is 80.9 Å². The van der Waals surface area contributed by atoms with Gasteiger partial charge in [0.1, 0.15) is 0 Å². The molecule has 3 aromatic rings. The molecule has 0 radical (unpaired) electrons. The van der Waals surface area contributed by atoms with Gasteiger partial charge in [-0.1, -0.05) is 42.5 Å². The van der Waals surface area contributed by atoms with Crippen molar-refractivity contribution in [3.8, 4) is 23.0 Å². The van der Waals surface area contributed by atoms with Crippen molar-refractivity contribution in [1.82, 2.24) is 0 Å². The van der Waals surface area contributed by atoms with Gasteiger partial charge in [0.2, 0.25) is 0 Å². The van der Waals surface area contributed by atoms with Crippen LogP contribution in [0.1, 0.15) is 23.6 Å². The van der Waals surface area contributed by atoms with Crippen LogP contribution in [0.3, 0.4) is 0 Å². The van der Waals surface area contributed by atoms with Crippen LogP contribution in [-0.4, -0.2) is 20.4 Å². The largest absolute Gasteiger partial charge is 0.504 e. The Kier molecular flexibility index (Phi) is 3.81.